The smallest absolute Gasteiger partial charge is 0.246 e. The van der Waals surface area contributed by atoms with Crippen molar-refractivity contribution in [2.75, 3.05) is 5.32 Å². The summed E-state index contributed by atoms with van der Waals surface area (Å²) in [6.07, 6.45) is 0.729. The molecule has 1 saturated carbocycles. The number of benzene rings is 1. The van der Waals surface area contributed by atoms with Crippen LogP contribution in [0, 0.1) is 5.41 Å². The maximum absolute atomic E-state index is 12.0. The highest BCUT2D eigenvalue weighted by molar-refractivity contribution is 9.25. The van der Waals surface area contributed by atoms with E-state index in [9.17, 15) is 4.79 Å². The van der Waals surface area contributed by atoms with E-state index in [1.165, 1.54) is 0 Å². The van der Waals surface area contributed by atoms with E-state index in [4.69, 9.17) is 12.2 Å². The Balaban J connectivity index is 1.80. The van der Waals surface area contributed by atoms with Gasteiger partial charge in [-0.25, -0.2) is 0 Å². The Morgan fingerprint density at radius 2 is 1.84 bits per heavy atom. The maximum atomic E-state index is 12.0. The quantitative estimate of drug-likeness (QED) is 0.401. The summed E-state index contributed by atoms with van der Waals surface area (Å²) in [6, 6.07) is 9.50. The van der Waals surface area contributed by atoms with Crippen LogP contribution in [0.5, 0.6) is 0 Å². The van der Waals surface area contributed by atoms with Crippen LogP contribution in [0.1, 0.15) is 13.3 Å². The number of anilines is 1. The van der Waals surface area contributed by atoms with Gasteiger partial charge >= 0.3 is 0 Å². The fraction of sp³-hybridized carbons (Fsp3) is 0.333. The molecule has 7 heteroatoms. The fourth-order valence-corrected chi connectivity index (χ4v) is 3.23. The molecule has 1 aliphatic rings. The minimum absolute atomic E-state index is 0.113. The Hall–Kier alpha value is -0.660. The number of rotatable bonds is 2. The second kappa shape index (κ2) is 5.38. The molecule has 2 rings (SSSR count). The zero-order valence-electron chi connectivity index (χ0n) is 10.2. The summed E-state index contributed by atoms with van der Waals surface area (Å²) in [5.74, 6) is -0.113. The largest absolute Gasteiger partial charge is 0.331 e. The second-order valence-corrected chi connectivity index (χ2v) is 8.79. The van der Waals surface area contributed by atoms with E-state index in [2.05, 4.69) is 48.0 Å². The van der Waals surface area contributed by atoms with Crippen molar-refractivity contribution in [1.82, 2.24) is 10.9 Å². The molecule has 102 valence electrons. The number of nitrogens with one attached hydrogen (secondary N) is 3. The third-order valence-electron chi connectivity index (χ3n) is 3.08. The summed E-state index contributed by atoms with van der Waals surface area (Å²) < 4.78 is -0.312. The molecule has 1 atom stereocenters. The van der Waals surface area contributed by atoms with Crippen LogP contribution in [0.25, 0.3) is 0 Å². The Kier molecular flexibility index (Phi) is 4.17. The normalized spacial score (nSPS) is 23.3. The zero-order chi connectivity index (χ0) is 14.1. The van der Waals surface area contributed by atoms with Crippen LogP contribution >= 0.6 is 44.1 Å². The average Bonchev–Trinajstić information content (AvgIpc) is 2.88. The van der Waals surface area contributed by atoms with Gasteiger partial charge in [-0.3, -0.25) is 15.6 Å². The fourth-order valence-electron chi connectivity index (χ4n) is 1.58. The highest BCUT2D eigenvalue weighted by atomic mass is 79.9. The van der Waals surface area contributed by atoms with E-state index in [-0.39, 0.29) is 9.14 Å². The molecule has 1 aromatic carbocycles. The Morgan fingerprint density at radius 3 is 2.37 bits per heavy atom. The van der Waals surface area contributed by atoms with Crippen LogP contribution in [-0.2, 0) is 4.79 Å². The molecule has 0 saturated heterocycles. The van der Waals surface area contributed by atoms with Crippen molar-refractivity contribution in [2.45, 2.75) is 16.6 Å². The number of carbonyl (C=O) groups excluding carboxylic acids is 1. The summed E-state index contributed by atoms with van der Waals surface area (Å²) in [4.78, 5) is 12.0. The van der Waals surface area contributed by atoms with Crippen LogP contribution < -0.4 is 16.2 Å². The summed E-state index contributed by atoms with van der Waals surface area (Å²) in [5, 5.41) is 3.32. The standard InChI is InChI=1S/C12H13Br2N3OS/c1-11(7-12(11,13)14)9(18)16-17-10(19)15-8-5-3-2-4-6-8/h2-6H,7H2,1H3,(H,16,18)(H2,15,17,19)/t11-/m1/s1. The first kappa shape index (κ1) is 14.7. The minimum Gasteiger partial charge on any atom is -0.331 e. The van der Waals surface area contributed by atoms with Crippen molar-refractivity contribution in [2.24, 2.45) is 5.41 Å². The third-order valence-corrected chi connectivity index (χ3v) is 5.60. The van der Waals surface area contributed by atoms with Gasteiger partial charge in [-0.15, -0.1) is 0 Å². The molecule has 0 spiro atoms. The number of hydrazine groups is 1. The molecule has 0 bridgehead atoms. The van der Waals surface area contributed by atoms with Crippen molar-refractivity contribution in [1.29, 1.82) is 0 Å². The van der Waals surface area contributed by atoms with Gasteiger partial charge in [0.2, 0.25) is 5.91 Å². The number of carbonyl (C=O) groups is 1. The molecule has 1 aromatic rings. The molecule has 0 aromatic heterocycles. The van der Waals surface area contributed by atoms with Crippen LogP contribution in [-0.4, -0.2) is 14.3 Å². The number of halogens is 2. The topological polar surface area (TPSA) is 53.2 Å². The number of hydrogen-bond acceptors (Lipinski definition) is 2. The van der Waals surface area contributed by atoms with Gasteiger partial charge in [0.1, 0.15) is 0 Å². The van der Waals surface area contributed by atoms with Gasteiger partial charge in [0.05, 0.1) is 8.65 Å². The van der Waals surface area contributed by atoms with E-state index in [0.29, 0.717) is 5.11 Å². The minimum atomic E-state index is -0.470. The molecular weight excluding hydrogens is 394 g/mol. The Morgan fingerprint density at radius 1 is 1.26 bits per heavy atom. The summed E-state index contributed by atoms with van der Waals surface area (Å²) in [5.41, 5.74) is 5.70. The van der Waals surface area contributed by atoms with Crippen molar-refractivity contribution in [3.05, 3.63) is 30.3 Å². The van der Waals surface area contributed by atoms with Crippen molar-refractivity contribution in [3.8, 4) is 0 Å². The van der Waals surface area contributed by atoms with Gasteiger partial charge in [0.25, 0.3) is 0 Å². The first-order chi connectivity index (χ1) is 8.85. The lowest BCUT2D eigenvalue weighted by Crippen LogP contribution is -2.47. The maximum Gasteiger partial charge on any atom is 0.246 e. The summed E-state index contributed by atoms with van der Waals surface area (Å²) in [6.45, 7) is 1.88. The molecule has 1 aliphatic carbocycles. The lowest BCUT2D eigenvalue weighted by atomic mass is 10.1. The molecule has 3 N–H and O–H groups in total. The zero-order valence-corrected chi connectivity index (χ0v) is 14.2. The van der Waals surface area contributed by atoms with Crippen molar-refractivity contribution in [3.63, 3.8) is 0 Å². The molecule has 1 fully saturated rings. The SMILES string of the molecule is C[C@]1(C(=O)NNC(=S)Nc2ccccc2)CC1(Br)Br. The predicted molar refractivity (Wildman–Crippen MR) is 87.3 cm³/mol. The van der Waals surface area contributed by atoms with Crippen molar-refractivity contribution >= 4 is 60.8 Å². The van der Waals surface area contributed by atoms with E-state index in [1.807, 2.05) is 37.3 Å². The van der Waals surface area contributed by atoms with Crippen LogP contribution in [0.15, 0.2) is 30.3 Å². The van der Waals surface area contributed by atoms with E-state index in [1.54, 1.807) is 0 Å². The summed E-state index contributed by atoms with van der Waals surface area (Å²) >= 11 is 12.0. The van der Waals surface area contributed by atoms with Crippen molar-refractivity contribution < 1.29 is 4.79 Å². The number of amides is 1. The van der Waals surface area contributed by atoms with E-state index in [0.717, 1.165) is 12.1 Å². The highest BCUT2D eigenvalue weighted by Gasteiger charge is 2.66. The lowest BCUT2D eigenvalue weighted by molar-refractivity contribution is -0.126. The van der Waals surface area contributed by atoms with Gasteiger partial charge in [-0.2, -0.15) is 0 Å². The van der Waals surface area contributed by atoms with Crippen LogP contribution in [0.3, 0.4) is 0 Å². The number of para-hydroxylation sites is 1. The monoisotopic (exact) mass is 405 g/mol. The van der Waals surface area contributed by atoms with Gasteiger partial charge in [0, 0.05) is 5.69 Å². The number of hydrogen-bond donors (Lipinski definition) is 3. The summed E-state index contributed by atoms with van der Waals surface area (Å²) in [7, 11) is 0. The molecule has 0 unspecified atom stereocenters. The van der Waals surface area contributed by atoms with Gasteiger partial charge in [-0.05, 0) is 37.7 Å². The Bertz CT molecular complexity index is 509. The molecule has 4 nitrogen and oxygen atoms in total. The molecule has 1 amide bonds. The Labute approximate surface area is 133 Å². The van der Waals surface area contributed by atoms with Gasteiger partial charge in [-0.1, -0.05) is 50.1 Å². The van der Waals surface area contributed by atoms with Crippen LogP contribution in [0.4, 0.5) is 5.69 Å². The van der Waals surface area contributed by atoms with E-state index < -0.39 is 5.41 Å². The van der Waals surface area contributed by atoms with Gasteiger partial charge in [0.15, 0.2) is 5.11 Å². The average molecular weight is 407 g/mol. The molecule has 19 heavy (non-hydrogen) atoms. The third kappa shape index (κ3) is 3.27. The highest BCUT2D eigenvalue weighted by Crippen LogP contribution is 2.66. The van der Waals surface area contributed by atoms with Crippen LogP contribution in [0.2, 0.25) is 0 Å². The molecular formula is C12H13Br2N3OS. The number of thiocarbonyl (C=S) groups is 1. The van der Waals surface area contributed by atoms with E-state index >= 15 is 0 Å². The van der Waals surface area contributed by atoms with Gasteiger partial charge < -0.3 is 5.32 Å². The lowest BCUT2D eigenvalue weighted by Gasteiger charge is -2.15. The molecule has 0 heterocycles. The second-order valence-electron chi connectivity index (χ2n) is 4.61. The number of alkyl halides is 2. The first-order valence-corrected chi connectivity index (χ1v) is 7.65. The first-order valence-electron chi connectivity index (χ1n) is 5.65. The molecule has 0 radical (unpaired) electrons. The predicted octanol–water partition coefficient (Wildman–Crippen LogP) is 2.90. The molecule has 0 aliphatic heterocycles.